The van der Waals surface area contributed by atoms with Crippen molar-refractivity contribution < 1.29 is 24.0 Å². The molecular formula is C16H24N4O5S. The third kappa shape index (κ3) is 4.61. The Bertz CT molecular complexity index is 613. The summed E-state index contributed by atoms with van der Waals surface area (Å²) in [6, 6.07) is -1.21. The maximum Gasteiger partial charge on any atom is 0.244 e. The molecule has 4 amide bonds. The number of nitrogens with zero attached hydrogens (tertiary/aromatic N) is 2. The van der Waals surface area contributed by atoms with Crippen LogP contribution in [0.3, 0.4) is 0 Å². The van der Waals surface area contributed by atoms with Gasteiger partial charge < -0.3 is 15.4 Å². The third-order valence-electron chi connectivity index (χ3n) is 4.35. The molecule has 0 saturated carbocycles. The van der Waals surface area contributed by atoms with Gasteiger partial charge in [-0.05, 0) is 26.7 Å². The minimum absolute atomic E-state index is 0.00441. The second-order valence-electron chi connectivity index (χ2n) is 6.49. The molecule has 144 valence electrons. The number of carbonyl (C=O) groups is 5. The van der Waals surface area contributed by atoms with Crippen LogP contribution < -0.4 is 10.6 Å². The second-order valence-corrected chi connectivity index (χ2v) is 7.74. The normalized spacial score (nSPS) is 25.9. The maximum absolute atomic E-state index is 12.6. The summed E-state index contributed by atoms with van der Waals surface area (Å²) in [5, 5.41) is 4.44. The van der Waals surface area contributed by atoms with Crippen LogP contribution in [0.25, 0.3) is 0 Å². The molecule has 2 fully saturated rings. The van der Waals surface area contributed by atoms with Crippen molar-refractivity contribution in [2.24, 2.45) is 0 Å². The Morgan fingerprint density at radius 1 is 1.27 bits per heavy atom. The van der Waals surface area contributed by atoms with Gasteiger partial charge in [0.25, 0.3) is 0 Å². The molecule has 10 heteroatoms. The highest BCUT2D eigenvalue weighted by molar-refractivity contribution is 7.98. The van der Waals surface area contributed by atoms with E-state index < -0.39 is 35.2 Å². The summed E-state index contributed by atoms with van der Waals surface area (Å²) in [6.45, 7) is 5.08. The summed E-state index contributed by atoms with van der Waals surface area (Å²) >= 11 is 1.22. The van der Waals surface area contributed by atoms with Gasteiger partial charge >= 0.3 is 0 Å². The molecule has 0 bridgehead atoms. The number of aldehydes is 1. The van der Waals surface area contributed by atoms with Gasteiger partial charge in [0.2, 0.25) is 23.6 Å². The smallest absolute Gasteiger partial charge is 0.244 e. The van der Waals surface area contributed by atoms with E-state index in [-0.39, 0.29) is 18.4 Å². The number of nitrogens with one attached hydrogen (secondary N) is 2. The molecule has 2 aliphatic heterocycles. The second kappa shape index (κ2) is 8.63. The van der Waals surface area contributed by atoms with Gasteiger partial charge in [-0.15, -0.1) is 0 Å². The summed E-state index contributed by atoms with van der Waals surface area (Å²) in [4.78, 5) is 60.3. The summed E-state index contributed by atoms with van der Waals surface area (Å²) in [6.07, 6.45) is 1.87. The van der Waals surface area contributed by atoms with E-state index >= 15 is 0 Å². The zero-order valence-electron chi connectivity index (χ0n) is 15.1. The van der Waals surface area contributed by atoms with Crippen molar-refractivity contribution in [3.05, 3.63) is 0 Å². The largest absolute Gasteiger partial charge is 0.337 e. The molecule has 0 aromatic carbocycles. The van der Waals surface area contributed by atoms with E-state index in [0.717, 1.165) is 24.0 Å². The molecule has 9 nitrogen and oxygen atoms in total. The average Bonchev–Trinajstić information content (AvgIpc) is 3.10. The fourth-order valence-corrected chi connectivity index (χ4v) is 4.39. The molecule has 2 aliphatic rings. The van der Waals surface area contributed by atoms with Gasteiger partial charge in [-0.1, -0.05) is 11.9 Å². The van der Waals surface area contributed by atoms with E-state index in [2.05, 4.69) is 10.6 Å². The zero-order valence-corrected chi connectivity index (χ0v) is 15.9. The van der Waals surface area contributed by atoms with Crippen LogP contribution in [0.1, 0.15) is 40.0 Å². The quantitative estimate of drug-likeness (QED) is 0.261. The molecule has 0 aromatic heterocycles. The summed E-state index contributed by atoms with van der Waals surface area (Å²) < 4.78 is 1.84. The van der Waals surface area contributed by atoms with Crippen LogP contribution >= 0.6 is 11.9 Å². The lowest BCUT2D eigenvalue weighted by Crippen LogP contribution is -2.53. The predicted octanol–water partition coefficient (Wildman–Crippen LogP) is -0.588. The Morgan fingerprint density at radius 3 is 2.58 bits per heavy atom. The van der Waals surface area contributed by atoms with E-state index in [1.165, 1.54) is 25.8 Å². The average molecular weight is 384 g/mol. The molecule has 2 saturated heterocycles. The first-order chi connectivity index (χ1) is 12.2. The highest BCUT2D eigenvalue weighted by atomic mass is 32.2. The monoisotopic (exact) mass is 384 g/mol. The number of hydrogen-bond donors (Lipinski definition) is 2. The Labute approximate surface area is 156 Å². The molecular weight excluding hydrogens is 360 g/mol. The van der Waals surface area contributed by atoms with Crippen molar-refractivity contribution >= 4 is 41.9 Å². The SMILES string of the molecule is CC(=O)NC(C)NC(=O)C(C)N1C(=O)CC(SN2CCC[C@H]2C=O)C1=O. The number of likely N-dealkylation sites (tertiary alicyclic amines) is 1. The van der Waals surface area contributed by atoms with Crippen molar-refractivity contribution in [3.63, 3.8) is 0 Å². The van der Waals surface area contributed by atoms with Gasteiger partial charge in [0, 0.05) is 19.9 Å². The molecule has 0 aliphatic carbocycles. The van der Waals surface area contributed by atoms with Gasteiger partial charge in [-0.3, -0.25) is 24.1 Å². The van der Waals surface area contributed by atoms with Gasteiger partial charge in [0.15, 0.2) is 0 Å². The number of imide groups is 1. The van der Waals surface area contributed by atoms with Gasteiger partial charge in [0.05, 0.1) is 12.2 Å². The third-order valence-corrected chi connectivity index (χ3v) is 5.70. The van der Waals surface area contributed by atoms with Crippen molar-refractivity contribution in [2.75, 3.05) is 6.54 Å². The molecule has 0 radical (unpaired) electrons. The van der Waals surface area contributed by atoms with Gasteiger partial charge in [-0.25, -0.2) is 4.31 Å². The first-order valence-corrected chi connectivity index (χ1v) is 9.40. The zero-order chi connectivity index (χ0) is 19.4. The minimum atomic E-state index is -0.975. The Hall–Kier alpha value is -1.94. The highest BCUT2D eigenvalue weighted by Gasteiger charge is 2.45. The summed E-state index contributed by atoms with van der Waals surface area (Å²) in [5.41, 5.74) is 0. The molecule has 4 atom stereocenters. The molecule has 2 N–H and O–H groups in total. The number of carbonyl (C=O) groups excluding carboxylic acids is 5. The predicted molar refractivity (Wildman–Crippen MR) is 94.5 cm³/mol. The molecule has 2 rings (SSSR count). The van der Waals surface area contributed by atoms with Crippen LogP contribution in [0.5, 0.6) is 0 Å². The maximum atomic E-state index is 12.6. The van der Waals surface area contributed by atoms with E-state index in [1.54, 1.807) is 6.92 Å². The lowest BCUT2D eigenvalue weighted by atomic mass is 10.2. The number of amides is 4. The molecule has 26 heavy (non-hydrogen) atoms. The standard InChI is InChI=1S/C16H24N4O5S/c1-9(15(24)18-10(2)17-11(3)22)20-14(23)7-13(16(20)25)26-19-6-4-5-12(19)8-21/h8-10,12-13H,4-7H2,1-3H3,(H,17,22)(H,18,24)/t9?,10?,12-,13?/m0/s1. The van der Waals surface area contributed by atoms with Crippen LogP contribution in [0.15, 0.2) is 0 Å². The highest BCUT2D eigenvalue weighted by Crippen LogP contribution is 2.33. The van der Waals surface area contributed by atoms with Crippen molar-refractivity contribution in [1.82, 2.24) is 19.8 Å². The first kappa shape index (κ1) is 20.4. The topological polar surface area (TPSA) is 116 Å². The minimum Gasteiger partial charge on any atom is -0.337 e. The lowest BCUT2D eigenvalue weighted by Gasteiger charge is -2.25. The Morgan fingerprint density at radius 2 is 1.96 bits per heavy atom. The van der Waals surface area contributed by atoms with Gasteiger partial charge in [-0.2, -0.15) is 0 Å². The van der Waals surface area contributed by atoms with E-state index in [1.807, 2.05) is 4.31 Å². The Kier molecular flexibility index (Phi) is 6.76. The van der Waals surface area contributed by atoms with Crippen molar-refractivity contribution in [1.29, 1.82) is 0 Å². The van der Waals surface area contributed by atoms with Crippen molar-refractivity contribution in [3.8, 4) is 0 Å². The molecule has 0 aromatic rings. The molecule has 0 spiro atoms. The summed E-state index contributed by atoms with van der Waals surface area (Å²) in [5.74, 6) is -1.66. The number of rotatable bonds is 7. The fraction of sp³-hybridized carbons (Fsp3) is 0.688. The summed E-state index contributed by atoms with van der Waals surface area (Å²) in [7, 11) is 0. The van der Waals surface area contributed by atoms with Crippen LogP contribution in [0.2, 0.25) is 0 Å². The first-order valence-electron chi connectivity index (χ1n) is 8.56. The Balaban J connectivity index is 1.97. The van der Waals surface area contributed by atoms with Crippen LogP contribution in [-0.4, -0.2) is 69.2 Å². The van der Waals surface area contributed by atoms with E-state index in [9.17, 15) is 24.0 Å². The van der Waals surface area contributed by atoms with E-state index in [4.69, 9.17) is 0 Å². The lowest BCUT2D eigenvalue weighted by molar-refractivity contribution is -0.146. The van der Waals surface area contributed by atoms with Crippen LogP contribution in [0, 0.1) is 0 Å². The fourth-order valence-electron chi connectivity index (χ4n) is 3.10. The van der Waals surface area contributed by atoms with Gasteiger partial charge in [0.1, 0.15) is 17.6 Å². The molecule has 3 unspecified atom stereocenters. The number of hydrogen-bond acceptors (Lipinski definition) is 7. The van der Waals surface area contributed by atoms with Crippen molar-refractivity contribution in [2.45, 2.75) is 63.5 Å². The van der Waals surface area contributed by atoms with Crippen LogP contribution in [-0.2, 0) is 24.0 Å². The molecule has 2 heterocycles. The van der Waals surface area contributed by atoms with Crippen LogP contribution in [0.4, 0.5) is 0 Å². The van der Waals surface area contributed by atoms with E-state index in [0.29, 0.717) is 6.54 Å².